The topological polar surface area (TPSA) is 145 Å². The predicted molar refractivity (Wildman–Crippen MR) is 288 cm³/mol. The molecule has 6 aromatic rings. The van der Waals surface area contributed by atoms with Gasteiger partial charge in [-0.25, -0.2) is 0 Å². The fourth-order valence-electron chi connectivity index (χ4n) is 9.01. The number of amides is 1. The first-order valence-corrected chi connectivity index (χ1v) is 24.7. The number of anilines is 1. The molecule has 10 aliphatic carbocycles. The summed E-state index contributed by atoms with van der Waals surface area (Å²) < 4.78 is 61.8. The molecule has 1 amide bonds. The Morgan fingerprint density at radius 3 is 1.07 bits per heavy atom. The first kappa shape index (κ1) is 53.3. The molecule has 10 aliphatic rings. The summed E-state index contributed by atoms with van der Waals surface area (Å²) in [7, 11) is 13.3. The lowest BCUT2D eigenvalue weighted by molar-refractivity contribution is -0.123. The SMILES string of the molecule is CCCCOc1cc2c(OCC(=O)NCCNC(=S)Nc3ccccc3)cc1Cc1cc(OC)c(cc1OC)Cc1cc(OC)c(cc1OC)Cc1cc(OC)c(cc1OC)Cc1cc(OC)c(cc1OC)C2. The number of unbranched alkanes of at least 4 members (excludes halogenated alkanes) is 1. The lowest BCUT2D eigenvalue weighted by Crippen LogP contribution is -2.38. The molecular formula is C58H67N3O11S. The Morgan fingerprint density at radius 2 is 0.740 bits per heavy atom. The highest BCUT2D eigenvalue weighted by Gasteiger charge is 2.24. The molecule has 73 heavy (non-hydrogen) atoms. The van der Waals surface area contributed by atoms with Crippen LogP contribution in [0.15, 0.2) is 91.0 Å². The fraction of sp³-hybridized carbons (Fsp3) is 0.345. The second kappa shape index (κ2) is 25.7. The second-order valence-corrected chi connectivity index (χ2v) is 17.9. The average Bonchev–Trinajstić information content (AvgIpc) is 3.40. The van der Waals surface area contributed by atoms with Crippen LogP contribution in [0.1, 0.15) is 75.4 Å². The van der Waals surface area contributed by atoms with Gasteiger partial charge in [0.05, 0.1) is 63.5 Å². The van der Waals surface area contributed by atoms with E-state index >= 15 is 0 Å². The highest BCUT2D eigenvalue weighted by molar-refractivity contribution is 7.80. The lowest BCUT2D eigenvalue weighted by atomic mass is 9.94. The minimum absolute atomic E-state index is 0.250. The van der Waals surface area contributed by atoms with Gasteiger partial charge in [0.15, 0.2) is 11.7 Å². The van der Waals surface area contributed by atoms with Crippen molar-refractivity contribution in [1.29, 1.82) is 0 Å². The Hall–Kier alpha value is -7.52. The summed E-state index contributed by atoms with van der Waals surface area (Å²) in [5.41, 5.74) is 9.50. The minimum atomic E-state index is -0.301. The van der Waals surface area contributed by atoms with Crippen LogP contribution in [0.5, 0.6) is 57.5 Å². The van der Waals surface area contributed by atoms with E-state index in [2.05, 4.69) is 22.9 Å². The van der Waals surface area contributed by atoms with Gasteiger partial charge >= 0.3 is 0 Å². The summed E-state index contributed by atoms with van der Waals surface area (Å²) in [6.07, 6.45) is 3.89. The average molecular weight is 1010 g/mol. The molecule has 0 atom stereocenters. The van der Waals surface area contributed by atoms with Crippen molar-refractivity contribution in [3.05, 3.63) is 147 Å². The number of methoxy groups -OCH3 is 8. The number of ether oxygens (including phenoxy) is 10. The van der Waals surface area contributed by atoms with Gasteiger partial charge in [-0.15, -0.1) is 0 Å². The van der Waals surface area contributed by atoms with E-state index in [4.69, 9.17) is 59.6 Å². The summed E-state index contributed by atoms with van der Waals surface area (Å²) >= 11 is 5.46. The van der Waals surface area contributed by atoms with E-state index in [1.165, 1.54) is 0 Å². The molecule has 0 fully saturated rings. The van der Waals surface area contributed by atoms with Gasteiger partial charge in [0.1, 0.15) is 57.5 Å². The number of carbonyl (C=O) groups excluding carboxylic acids is 1. The van der Waals surface area contributed by atoms with E-state index in [1.807, 2.05) is 91.0 Å². The molecule has 0 spiro atoms. The van der Waals surface area contributed by atoms with Crippen LogP contribution in [0, 0.1) is 0 Å². The molecular weight excluding hydrogens is 947 g/mol. The van der Waals surface area contributed by atoms with E-state index < -0.39 is 0 Å². The van der Waals surface area contributed by atoms with Gasteiger partial charge in [-0.3, -0.25) is 4.79 Å². The molecule has 10 bridgehead atoms. The van der Waals surface area contributed by atoms with E-state index in [9.17, 15) is 4.79 Å². The Bertz CT molecular complexity index is 2870. The Morgan fingerprint density at radius 1 is 0.438 bits per heavy atom. The smallest absolute Gasteiger partial charge is 0.258 e. The Kier molecular flexibility index (Phi) is 18.8. The third-order valence-electron chi connectivity index (χ3n) is 12.8. The van der Waals surface area contributed by atoms with Crippen LogP contribution in [0.2, 0.25) is 0 Å². The van der Waals surface area contributed by atoms with Crippen molar-refractivity contribution >= 4 is 28.9 Å². The molecule has 0 radical (unpaired) electrons. The highest BCUT2D eigenvalue weighted by Crippen LogP contribution is 2.42. The van der Waals surface area contributed by atoms with Gasteiger partial charge in [-0.1, -0.05) is 31.5 Å². The third kappa shape index (κ3) is 13.3. The van der Waals surface area contributed by atoms with Crippen molar-refractivity contribution in [2.75, 3.05) is 88.5 Å². The first-order chi connectivity index (χ1) is 35.5. The zero-order chi connectivity index (χ0) is 51.9. The summed E-state index contributed by atoms with van der Waals surface area (Å²) in [5, 5.41) is 9.68. The molecule has 3 N–H and O–H groups in total. The van der Waals surface area contributed by atoms with Crippen LogP contribution in [0.3, 0.4) is 0 Å². The third-order valence-corrected chi connectivity index (χ3v) is 13.0. The van der Waals surface area contributed by atoms with Gasteiger partial charge in [0.2, 0.25) is 0 Å². The molecule has 14 nitrogen and oxygen atoms in total. The summed E-state index contributed by atoms with van der Waals surface area (Å²) in [6.45, 7) is 3.09. The normalized spacial score (nSPS) is 11.8. The largest absolute Gasteiger partial charge is 0.496 e. The van der Waals surface area contributed by atoms with E-state index in [-0.39, 0.29) is 12.5 Å². The van der Waals surface area contributed by atoms with Gasteiger partial charge in [-0.2, -0.15) is 0 Å². The molecule has 0 saturated carbocycles. The van der Waals surface area contributed by atoms with Crippen molar-refractivity contribution < 1.29 is 52.2 Å². The van der Waals surface area contributed by atoms with Gasteiger partial charge < -0.3 is 63.3 Å². The van der Waals surface area contributed by atoms with Gasteiger partial charge in [0, 0.05) is 107 Å². The molecule has 6 aromatic carbocycles. The zero-order valence-corrected chi connectivity index (χ0v) is 44.2. The Labute approximate surface area is 434 Å². The fourth-order valence-corrected chi connectivity index (χ4v) is 9.23. The number of benzene rings is 6. The second-order valence-electron chi connectivity index (χ2n) is 17.4. The lowest BCUT2D eigenvalue weighted by Gasteiger charge is -2.21. The maximum atomic E-state index is 13.5. The molecule has 0 unspecified atom stereocenters. The molecule has 386 valence electrons. The van der Waals surface area contributed by atoms with Crippen molar-refractivity contribution in [2.24, 2.45) is 0 Å². The number of rotatable bonds is 19. The Balaban J connectivity index is 1.34. The van der Waals surface area contributed by atoms with Gasteiger partial charge in [-0.05, 0) is 91.4 Å². The minimum Gasteiger partial charge on any atom is -0.496 e. The van der Waals surface area contributed by atoms with Crippen LogP contribution >= 0.6 is 12.2 Å². The van der Waals surface area contributed by atoms with Crippen LogP contribution < -0.4 is 63.3 Å². The van der Waals surface area contributed by atoms with Crippen molar-refractivity contribution in [2.45, 2.75) is 51.9 Å². The highest BCUT2D eigenvalue weighted by atomic mass is 32.1. The molecule has 15 heteroatoms. The standard InChI is InChI=1S/C58H67N3O11S/c1-10-11-19-71-55-33-45-24-43-32-52(68-7)41(30-54(43)70-9)22-39-28-48(64-3)37(26-50(39)66-5)20-36-25-49(65-4)38(27-47(36)63-2)21-40-29-53(69-8)42(31-51(40)67-6)23-44(55)34-56(45)72-35-57(62)59-17-18-60-58(73)61-46-15-13-12-14-16-46/h12-16,25-34H,10-11,17-24,35H2,1-9H3,(H,59,62)(H2,60,61,73). The van der Waals surface area contributed by atoms with Gasteiger partial charge in [0.25, 0.3) is 5.91 Å². The summed E-state index contributed by atoms with van der Waals surface area (Å²) in [6, 6.07) is 29.6. The summed E-state index contributed by atoms with van der Waals surface area (Å²) in [5.74, 6) is 6.22. The van der Waals surface area contributed by atoms with Crippen molar-refractivity contribution in [3.8, 4) is 57.5 Å². The van der Waals surface area contributed by atoms with Crippen LogP contribution in [0.25, 0.3) is 0 Å². The number of thiocarbonyl (C=S) groups is 1. The van der Waals surface area contributed by atoms with Crippen LogP contribution in [0.4, 0.5) is 5.69 Å². The first-order valence-electron chi connectivity index (χ1n) is 24.3. The predicted octanol–water partition coefficient (Wildman–Crippen LogP) is 9.68. The van der Waals surface area contributed by atoms with E-state index in [0.717, 1.165) is 74.2 Å². The van der Waals surface area contributed by atoms with E-state index in [1.54, 1.807) is 56.9 Å². The van der Waals surface area contributed by atoms with Crippen molar-refractivity contribution in [3.63, 3.8) is 0 Å². The number of para-hydroxylation sites is 1. The number of hydrogen-bond acceptors (Lipinski definition) is 12. The van der Waals surface area contributed by atoms with Crippen LogP contribution in [-0.4, -0.2) is 94.2 Å². The number of hydrogen-bond donors (Lipinski definition) is 3. The van der Waals surface area contributed by atoms with Crippen LogP contribution in [-0.2, 0) is 36.9 Å². The van der Waals surface area contributed by atoms with E-state index in [0.29, 0.717) is 114 Å². The summed E-state index contributed by atoms with van der Waals surface area (Å²) in [4.78, 5) is 13.5. The molecule has 0 saturated heterocycles. The molecule has 0 aromatic heterocycles. The maximum absolute atomic E-state index is 13.5. The maximum Gasteiger partial charge on any atom is 0.258 e. The number of carbonyl (C=O) groups is 1. The quantitative estimate of drug-likeness (QED) is 0.0522. The number of nitrogens with one attached hydrogen (secondary N) is 3. The zero-order valence-electron chi connectivity index (χ0n) is 43.3. The van der Waals surface area contributed by atoms with Crippen molar-refractivity contribution in [1.82, 2.24) is 10.6 Å². The molecule has 16 rings (SSSR count). The molecule has 0 heterocycles. The monoisotopic (exact) mass is 1010 g/mol. The molecule has 0 aliphatic heterocycles.